The van der Waals surface area contributed by atoms with Gasteiger partial charge in [0.15, 0.2) is 5.75 Å². The lowest BCUT2D eigenvalue weighted by Gasteiger charge is -2.00. The molecule has 3 nitrogen and oxygen atoms in total. The lowest BCUT2D eigenvalue weighted by Crippen LogP contribution is -2.06. The van der Waals surface area contributed by atoms with Crippen molar-refractivity contribution in [3.05, 3.63) is 12.4 Å². The first-order valence-corrected chi connectivity index (χ1v) is 3.65. The largest absolute Gasteiger partial charge is 0.484 e. The summed E-state index contributed by atoms with van der Waals surface area (Å²) in [4.78, 5) is 0. The average Bonchev–Trinajstić information content (AvgIpc) is 2.48. The van der Waals surface area contributed by atoms with Gasteiger partial charge in [-0.15, -0.1) is 0 Å². The van der Waals surface area contributed by atoms with Crippen LogP contribution in [-0.2, 0) is 6.54 Å². The number of rotatable bonds is 4. The van der Waals surface area contributed by atoms with Crippen LogP contribution in [0, 0.1) is 0 Å². The van der Waals surface area contributed by atoms with Crippen LogP contribution in [0.1, 0.15) is 6.92 Å². The first kappa shape index (κ1) is 8.96. The van der Waals surface area contributed by atoms with Crippen molar-refractivity contribution in [2.24, 2.45) is 0 Å². The van der Waals surface area contributed by atoms with Gasteiger partial charge in [-0.1, -0.05) is 0 Å². The standard InChI is InChI=1S/C7H10F2N2O/c1-2-11-4-6(3-10-11)12-5-7(8)9/h3-4,7H,2,5H2,1H3. The maximum atomic E-state index is 11.7. The second-order valence-corrected chi connectivity index (χ2v) is 2.23. The summed E-state index contributed by atoms with van der Waals surface area (Å²) in [5.41, 5.74) is 0. The van der Waals surface area contributed by atoms with Gasteiger partial charge in [-0.25, -0.2) is 8.78 Å². The van der Waals surface area contributed by atoms with Crippen molar-refractivity contribution in [1.82, 2.24) is 9.78 Å². The fourth-order valence-corrected chi connectivity index (χ4v) is 0.751. The van der Waals surface area contributed by atoms with Crippen LogP contribution in [0.5, 0.6) is 5.75 Å². The molecule has 0 amide bonds. The average molecular weight is 176 g/mol. The Morgan fingerprint density at radius 2 is 2.42 bits per heavy atom. The molecule has 0 fully saturated rings. The first-order valence-electron chi connectivity index (χ1n) is 3.65. The number of halogens is 2. The molecule has 0 unspecified atom stereocenters. The van der Waals surface area contributed by atoms with Crippen LogP contribution in [-0.4, -0.2) is 22.8 Å². The van der Waals surface area contributed by atoms with Crippen LogP contribution in [0.4, 0.5) is 8.78 Å². The first-order chi connectivity index (χ1) is 5.72. The van der Waals surface area contributed by atoms with Crippen molar-refractivity contribution in [3.63, 3.8) is 0 Å². The van der Waals surface area contributed by atoms with E-state index in [2.05, 4.69) is 5.10 Å². The SMILES string of the molecule is CCn1cc(OCC(F)F)cn1. The van der Waals surface area contributed by atoms with Crippen LogP contribution in [0.2, 0.25) is 0 Å². The summed E-state index contributed by atoms with van der Waals surface area (Å²) < 4.78 is 29.6. The molecule has 0 radical (unpaired) electrons. The third-order valence-corrected chi connectivity index (χ3v) is 1.31. The Bertz CT molecular complexity index is 237. The molecule has 12 heavy (non-hydrogen) atoms. The molecule has 0 aliphatic heterocycles. The van der Waals surface area contributed by atoms with E-state index in [-0.39, 0.29) is 0 Å². The summed E-state index contributed by atoms with van der Waals surface area (Å²) >= 11 is 0. The molecular weight excluding hydrogens is 166 g/mol. The lowest BCUT2D eigenvalue weighted by atomic mass is 10.6. The predicted octanol–water partition coefficient (Wildman–Crippen LogP) is 1.55. The Morgan fingerprint density at radius 1 is 1.67 bits per heavy atom. The molecule has 1 heterocycles. The van der Waals surface area contributed by atoms with Gasteiger partial charge < -0.3 is 4.74 Å². The second kappa shape index (κ2) is 4.04. The van der Waals surface area contributed by atoms with Crippen molar-refractivity contribution < 1.29 is 13.5 Å². The highest BCUT2D eigenvalue weighted by atomic mass is 19.3. The molecule has 68 valence electrons. The van der Waals surface area contributed by atoms with Crippen molar-refractivity contribution >= 4 is 0 Å². The molecule has 5 heteroatoms. The maximum Gasteiger partial charge on any atom is 0.272 e. The molecule has 0 saturated carbocycles. The van der Waals surface area contributed by atoms with E-state index in [1.807, 2.05) is 6.92 Å². The smallest absolute Gasteiger partial charge is 0.272 e. The Morgan fingerprint density at radius 3 is 2.92 bits per heavy atom. The van der Waals surface area contributed by atoms with Crippen molar-refractivity contribution in [1.29, 1.82) is 0 Å². The Labute approximate surface area is 68.9 Å². The van der Waals surface area contributed by atoms with Gasteiger partial charge in [0.25, 0.3) is 6.43 Å². The summed E-state index contributed by atoms with van der Waals surface area (Å²) in [6, 6.07) is 0. The number of aromatic nitrogens is 2. The van der Waals surface area contributed by atoms with E-state index in [0.717, 1.165) is 0 Å². The molecule has 1 rings (SSSR count). The number of nitrogens with zero attached hydrogens (tertiary/aromatic N) is 2. The van der Waals surface area contributed by atoms with Crippen LogP contribution < -0.4 is 4.74 Å². The third-order valence-electron chi connectivity index (χ3n) is 1.31. The monoisotopic (exact) mass is 176 g/mol. The van der Waals surface area contributed by atoms with Gasteiger partial charge in [0, 0.05) is 6.54 Å². The van der Waals surface area contributed by atoms with E-state index in [9.17, 15) is 8.78 Å². The minimum absolute atomic E-state index is 0.386. The fourth-order valence-electron chi connectivity index (χ4n) is 0.751. The summed E-state index contributed by atoms with van der Waals surface area (Å²) in [5, 5.41) is 3.86. The molecule has 0 aliphatic rings. The number of ether oxygens (including phenoxy) is 1. The van der Waals surface area contributed by atoms with E-state index in [1.165, 1.54) is 6.20 Å². The highest BCUT2D eigenvalue weighted by Crippen LogP contribution is 2.08. The van der Waals surface area contributed by atoms with Crippen molar-refractivity contribution in [2.45, 2.75) is 19.9 Å². The molecule has 0 aliphatic carbocycles. The van der Waals surface area contributed by atoms with Crippen LogP contribution in [0.15, 0.2) is 12.4 Å². The molecule has 1 aromatic rings. The summed E-state index contributed by atoms with van der Waals surface area (Å²) in [7, 11) is 0. The van der Waals surface area contributed by atoms with Gasteiger partial charge in [-0.2, -0.15) is 5.10 Å². The minimum Gasteiger partial charge on any atom is -0.484 e. The number of hydrogen-bond acceptors (Lipinski definition) is 2. The lowest BCUT2D eigenvalue weighted by molar-refractivity contribution is 0.0818. The van der Waals surface area contributed by atoms with E-state index in [1.54, 1.807) is 10.9 Å². The Balaban J connectivity index is 2.41. The molecule has 0 spiro atoms. The van der Waals surface area contributed by atoms with Crippen molar-refractivity contribution in [2.75, 3.05) is 6.61 Å². The molecule has 0 bridgehead atoms. The minimum atomic E-state index is -2.44. The predicted molar refractivity (Wildman–Crippen MR) is 39.4 cm³/mol. The quantitative estimate of drug-likeness (QED) is 0.695. The van der Waals surface area contributed by atoms with Gasteiger partial charge in [-0.05, 0) is 6.92 Å². The van der Waals surface area contributed by atoms with Crippen LogP contribution >= 0.6 is 0 Å². The highest BCUT2D eigenvalue weighted by molar-refractivity contribution is 5.11. The van der Waals surface area contributed by atoms with Crippen LogP contribution in [0.25, 0.3) is 0 Å². The Hall–Kier alpha value is -1.13. The molecule has 0 N–H and O–H groups in total. The van der Waals surface area contributed by atoms with Gasteiger partial charge in [0.1, 0.15) is 6.61 Å². The van der Waals surface area contributed by atoms with Crippen molar-refractivity contribution in [3.8, 4) is 5.75 Å². The normalized spacial score (nSPS) is 10.7. The molecule has 0 atom stereocenters. The van der Waals surface area contributed by atoms with E-state index in [4.69, 9.17) is 4.74 Å². The summed E-state index contributed by atoms with van der Waals surface area (Å²) in [6.45, 7) is 2.04. The topological polar surface area (TPSA) is 27.1 Å². The number of aryl methyl sites for hydroxylation is 1. The molecule has 0 saturated heterocycles. The third kappa shape index (κ3) is 2.48. The molecule has 0 aromatic carbocycles. The highest BCUT2D eigenvalue weighted by Gasteiger charge is 2.04. The fraction of sp³-hybridized carbons (Fsp3) is 0.571. The van der Waals surface area contributed by atoms with E-state index >= 15 is 0 Å². The van der Waals surface area contributed by atoms with Gasteiger partial charge in [-0.3, -0.25) is 4.68 Å². The van der Waals surface area contributed by atoms with Gasteiger partial charge >= 0.3 is 0 Å². The summed E-state index contributed by atoms with van der Waals surface area (Å²) in [6.07, 6.45) is 0.573. The molecule has 1 aromatic heterocycles. The second-order valence-electron chi connectivity index (χ2n) is 2.23. The van der Waals surface area contributed by atoms with Gasteiger partial charge in [0.2, 0.25) is 0 Å². The number of hydrogen-bond donors (Lipinski definition) is 0. The summed E-state index contributed by atoms with van der Waals surface area (Å²) in [5.74, 6) is 0.386. The van der Waals surface area contributed by atoms with Crippen LogP contribution in [0.3, 0.4) is 0 Å². The zero-order valence-corrected chi connectivity index (χ0v) is 6.70. The zero-order chi connectivity index (χ0) is 8.97. The van der Waals surface area contributed by atoms with E-state index < -0.39 is 13.0 Å². The van der Waals surface area contributed by atoms with E-state index in [0.29, 0.717) is 12.3 Å². The Kier molecular flexibility index (Phi) is 3.01. The number of alkyl halides is 2. The van der Waals surface area contributed by atoms with Gasteiger partial charge in [0.05, 0.1) is 12.4 Å². The molecular formula is C7H10F2N2O. The maximum absolute atomic E-state index is 11.7. The zero-order valence-electron chi connectivity index (χ0n) is 6.70.